The second kappa shape index (κ2) is 5.00. The molecule has 1 heteroatoms. The van der Waals surface area contributed by atoms with Crippen molar-refractivity contribution in [2.45, 2.75) is 45.1 Å². The molecule has 94 valence electrons. The smallest absolute Gasteiger partial charge is 0.0269 e. The molecular weight excluding hydrogens is 218 g/mol. The molecule has 1 atom stereocenters. The van der Waals surface area contributed by atoms with Crippen LogP contribution in [0.15, 0.2) is 24.3 Å². The zero-order valence-electron chi connectivity index (χ0n) is 11.3. The predicted octanol–water partition coefficient (Wildman–Crippen LogP) is 3.68. The van der Waals surface area contributed by atoms with E-state index in [4.69, 9.17) is 12.2 Å². The first-order valence-corrected chi connectivity index (χ1v) is 6.56. The standard InChI is InChI=1S/C17H21N/c1-5-13-9-15(12(4)18)17(8-11(2)3)16(10-13)14-6-7-14/h1,9-10,12,14H,2,6-8,18H2,3-4H3. The number of terminal acetylenes is 1. The summed E-state index contributed by atoms with van der Waals surface area (Å²) in [5.74, 6) is 3.43. The van der Waals surface area contributed by atoms with Gasteiger partial charge in [0.1, 0.15) is 0 Å². The van der Waals surface area contributed by atoms with Crippen molar-refractivity contribution in [3.8, 4) is 12.3 Å². The zero-order chi connectivity index (χ0) is 13.3. The van der Waals surface area contributed by atoms with Crippen LogP contribution in [0.5, 0.6) is 0 Å². The van der Waals surface area contributed by atoms with Gasteiger partial charge in [-0.15, -0.1) is 6.42 Å². The highest BCUT2D eigenvalue weighted by atomic mass is 14.6. The Balaban J connectivity index is 2.57. The SMILES string of the molecule is C#Cc1cc(C(C)N)c(CC(=C)C)c(C2CC2)c1. The van der Waals surface area contributed by atoms with E-state index in [9.17, 15) is 0 Å². The van der Waals surface area contributed by atoms with Gasteiger partial charge in [-0.25, -0.2) is 0 Å². The summed E-state index contributed by atoms with van der Waals surface area (Å²) in [5.41, 5.74) is 12.2. The molecule has 18 heavy (non-hydrogen) atoms. The van der Waals surface area contributed by atoms with Gasteiger partial charge in [0.25, 0.3) is 0 Å². The Hall–Kier alpha value is -1.52. The molecule has 0 aromatic heterocycles. The summed E-state index contributed by atoms with van der Waals surface area (Å²) in [5, 5.41) is 0. The van der Waals surface area contributed by atoms with E-state index < -0.39 is 0 Å². The van der Waals surface area contributed by atoms with E-state index in [0.29, 0.717) is 5.92 Å². The van der Waals surface area contributed by atoms with Crippen molar-refractivity contribution in [3.05, 3.63) is 46.5 Å². The van der Waals surface area contributed by atoms with Crippen molar-refractivity contribution in [3.63, 3.8) is 0 Å². The van der Waals surface area contributed by atoms with Crippen LogP contribution in [-0.2, 0) is 6.42 Å². The van der Waals surface area contributed by atoms with Crippen molar-refractivity contribution < 1.29 is 0 Å². The first-order chi connectivity index (χ1) is 8.52. The lowest BCUT2D eigenvalue weighted by molar-refractivity contribution is 0.796. The number of hydrogen-bond donors (Lipinski definition) is 1. The van der Waals surface area contributed by atoms with Crippen molar-refractivity contribution in [2.24, 2.45) is 5.73 Å². The summed E-state index contributed by atoms with van der Waals surface area (Å²) in [6.45, 7) is 8.12. The molecule has 1 nitrogen and oxygen atoms in total. The molecule has 1 unspecified atom stereocenters. The fraction of sp³-hybridized carbons (Fsp3) is 0.412. The molecule has 2 rings (SSSR count). The Morgan fingerprint density at radius 2 is 2.22 bits per heavy atom. The summed E-state index contributed by atoms with van der Waals surface area (Å²) >= 11 is 0. The van der Waals surface area contributed by atoms with E-state index >= 15 is 0 Å². The van der Waals surface area contributed by atoms with Crippen LogP contribution < -0.4 is 5.73 Å². The molecule has 0 amide bonds. The van der Waals surface area contributed by atoms with Gasteiger partial charge in [-0.3, -0.25) is 0 Å². The number of hydrogen-bond acceptors (Lipinski definition) is 1. The molecule has 0 aliphatic heterocycles. The van der Waals surface area contributed by atoms with E-state index in [0.717, 1.165) is 12.0 Å². The number of nitrogens with two attached hydrogens (primary N) is 1. The summed E-state index contributed by atoms with van der Waals surface area (Å²) in [6.07, 6.45) is 9.01. The fourth-order valence-electron chi connectivity index (χ4n) is 2.47. The topological polar surface area (TPSA) is 26.0 Å². The summed E-state index contributed by atoms with van der Waals surface area (Å²) < 4.78 is 0. The minimum absolute atomic E-state index is 0.0187. The molecule has 1 saturated carbocycles. The van der Waals surface area contributed by atoms with Crippen LogP contribution >= 0.6 is 0 Å². The average molecular weight is 239 g/mol. The van der Waals surface area contributed by atoms with Gasteiger partial charge >= 0.3 is 0 Å². The average Bonchev–Trinajstić information content (AvgIpc) is 3.12. The van der Waals surface area contributed by atoms with Gasteiger partial charge in [-0.2, -0.15) is 0 Å². The second-order valence-electron chi connectivity index (χ2n) is 5.47. The van der Waals surface area contributed by atoms with Crippen LogP contribution in [0.2, 0.25) is 0 Å². The predicted molar refractivity (Wildman–Crippen MR) is 77.5 cm³/mol. The molecule has 0 spiro atoms. The van der Waals surface area contributed by atoms with Gasteiger partial charge in [-0.05, 0) is 67.9 Å². The normalized spacial score (nSPS) is 16.1. The maximum absolute atomic E-state index is 6.11. The monoisotopic (exact) mass is 239 g/mol. The van der Waals surface area contributed by atoms with Crippen molar-refractivity contribution >= 4 is 0 Å². The highest BCUT2D eigenvalue weighted by Gasteiger charge is 2.28. The molecule has 1 aromatic rings. The van der Waals surface area contributed by atoms with Gasteiger partial charge in [0.05, 0.1) is 0 Å². The molecular formula is C17H21N. The lowest BCUT2D eigenvalue weighted by Crippen LogP contribution is -2.11. The maximum atomic E-state index is 6.11. The highest BCUT2D eigenvalue weighted by Crippen LogP contribution is 2.44. The molecule has 2 N–H and O–H groups in total. The lowest BCUT2D eigenvalue weighted by atomic mass is 9.88. The molecule has 0 bridgehead atoms. The van der Waals surface area contributed by atoms with Crippen LogP contribution in [-0.4, -0.2) is 0 Å². The zero-order valence-corrected chi connectivity index (χ0v) is 11.3. The Kier molecular flexibility index (Phi) is 3.59. The molecule has 1 fully saturated rings. The number of benzene rings is 1. The fourth-order valence-corrected chi connectivity index (χ4v) is 2.47. The van der Waals surface area contributed by atoms with Crippen LogP contribution in [0.3, 0.4) is 0 Å². The number of rotatable bonds is 4. The number of allylic oxidation sites excluding steroid dienone is 1. The van der Waals surface area contributed by atoms with Crippen LogP contribution in [0.25, 0.3) is 0 Å². The largest absolute Gasteiger partial charge is 0.324 e. The quantitative estimate of drug-likeness (QED) is 0.629. The van der Waals surface area contributed by atoms with E-state index in [1.165, 1.54) is 35.1 Å². The summed E-state index contributed by atoms with van der Waals surface area (Å²) in [4.78, 5) is 0. The second-order valence-corrected chi connectivity index (χ2v) is 5.47. The van der Waals surface area contributed by atoms with Crippen molar-refractivity contribution in [1.82, 2.24) is 0 Å². The third-order valence-electron chi connectivity index (χ3n) is 3.47. The van der Waals surface area contributed by atoms with E-state index in [-0.39, 0.29) is 6.04 Å². The first kappa shape index (κ1) is 12.9. The Morgan fingerprint density at radius 3 is 2.67 bits per heavy atom. The molecule has 0 heterocycles. The van der Waals surface area contributed by atoms with Crippen molar-refractivity contribution in [2.75, 3.05) is 0 Å². The highest BCUT2D eigenvalue weighted by molar-refractivity contribution is 5.49. The lowest BCUT2D eigenvalue weighted by Gasteiger charge is -2.18. The van der Waals surface area contributed by atoms with Crippen molar-refractivity contribution in [1.29, 1.82) is 0 Å². The van der Waals surface area contributed by atoms with E-state index in [1.807, 2.05) is 6.92 Å². The van der Waals surface area contributed by atoms with Gasteiger partial charge in [0.15, 0.2) is 0 Å². The molecule has 0 saturated heterocycles. The maximum Gasteiger partial charge on any atom is 0.0269 e. The molecule has 0 radical (unpaired) electrons. The minimum Gasteiger partial charge on any atom is -0.324 e. The van der Waals surface area contributed by atoms with Crippen LogP contribution in [0.1, 0.15) is 60.9 Å². The van der Waals surface area contributed by atoms with Crippen LogP contribution in [0, 0.1) is 12.3 Å². The Morgan fingerprint density at radius 1 is 1.56 bits per heavy atom. The van der Waals surface area contributed by atoms with Gasteiger partial charge < -0.3 is 5.73 Å². The third-order valence-corrected chi connectivity index (χ3v) is 3.47. The summed E-state index contributed by atoms with van der Waals surface area (Å²) in [6, 6.07) is 4.25. The Bertz CT molecular complexity index is 490. The first-order valence-electron chi connectivity index (χ1n) is 6.56. The van der Waals surface area contributed by atoms with Gasteiger partial charge in [-0.1, -0.05) is 18.1 Å². The molecule has 1 aromatic carbocycles. The molecule has 1 aliphatic rings. The minimum atomic E-state index is 0.0187. The summed E-state index contributed by atoms with van der Waals surface area (Å²) in [7, 11) is 0. The third kappa shape index (κ3) is 2.66. The Labute approximate surface area is 110 Å². The van der Waals surface area contributed by atoms with Gasteiger partial charge in [0, 0.05) is 11.6 Å². The van der Waals surface area contributed by atoms with Gasteiger partial charge in [0.2, 0.25) is 0 Å². The molecule has 1 aliphatic carbocycles. The van der Waals surface area contributed by atoms with Crippen LogP contribution in [0.4, 0.5) is 0 Å². The van der Waals surface area contributed by atoms with E-state index in [2.05, 4.69) is 31.6 Å². The van der Waals surface area contributed by atoms with E-state index in [1.54, 1.807) is 0 Å².